The summed E-state index contributed by atoms with van der Waals surface area (Å²) in [7, 11) is -3.48. The standard InChI is InChI=1S/C14H26N4O2S/c1-5-6-15-8-13-14(12(4)16-17-13)21(19,20)18-9-10(2)7-11(18)3/h10-11,15H,5-9H2,1-4H3,(H,16,17). The van der Waals surface area contributed by atoms with E-state index in [4.69, 9.17) is 0 Å². The Bertz CT molecular complexity index is 582. The number of aromatic nitrogens is 2. The van der Waals surface area contributed by atoms with Crippen molar-refractivity contribution in [3.8, 4) is 0 Å². The molecule has 1 aliphatic rings. The molecule has 120 valence electrons. The van der Waals surface area contributed by atoms with E-state index in [0.29, 0.717) is 35.3 Å². The molecule has 2 rings (SSSR count). The minimum Gasteiger partial charge on any atom is -0.311 e. The third-order valence-corrected chi connectivity index (χ3v) is 6.16. The molecule has 0 saturated carbocycles. The second-order valence-corrected chi connectivity index (χ2v) is 7.89. The second-order valence-electron chi connectivity index (χ2n) is 6.07. The molecule has 6 nitrogen and oxygen atoms in total. The van der Waals surface area contributed by atoms with Gasteiger partial charge in [-0.25, -0.2) is 8.42 Å². The lowest BCUT2D eigenvalue weighted by atomic mass is 10.1. The quantitative estimate of drug-likeness (QED) is 0.782. The van der Waals surface area contributed by atoms with E-state index in [-0.39, 0.29) is 6.04 Å². The van der Waals surface area contributed by atoms with Crippen molar-refractivity contribution in [1.29, 1.82) is 0 Å². The number of aryl methyl sites for hydroxylation is 1. The van der Waals surface area contributed by atoms with Gasteiger partial charge in [0, 0.05) is 19.1 Å². The monoisotopic (exact) mass is 314 g/mol. The summed E-state index contributed by atoms with van der Waals surface area (Å²) < 4.78 is 27.6. The Morgan fingerprint density at radius 3 is 2.71 bits per heavy atom. The van der Waals surface area contributed by atoms with E-state index in [9.17, 15) is 8.42 Å². The fourth-order valence-corrected chi connectivity index (χ4v) is 5.12. The van der Waals surface area contributed by atoms with Crippen LogP contribution in [0, 0.1) is 12.8 Å². The van der Waals surface area contributed by atoms with Gasteiger partial charge in [-0.15, -0.1) is 0 Å². The smallest absolute Gasteiger partial charge is 0.247 e. The van der Waals surface area contributed by atoms with Crippen LogP contribution in [0.15, 0.2) is 4.90 Å². The molecule has 2 N–H and O–H groups in total. The second kappa shape index (κ2) is 6.46. The van der Waals surface area contributed by atoms with Gasteiger partial charge in [-0.3, -0.25) is 5.10 Å². The zero-order chi connectivity index (χ0) is 15.6. The Morgan fingerprint density at radius 1 is 1.43 bits per heavy atom. The number of nitrogens with one attached hydrogen (secondary N) is 2. The van der Waals surface area contributed by atoms with Crippen LogP contribution in [0.1, 0.15) is 45.0 Å². The summed E-state index contributed by atoms with van der Waals surface area (Å²) in [6, 6.07) is 0.0516. The minimum absolute atomic E-state index is 0.0516. The number of hydrogen-bond acceptors (Lipinski definition) is 4. The Kier molecular flexibility index (Phi) is 5.06. The van der Waals surface area contributed by atoms with Gasteiger partial charge in [0.1, 0.15) is 4.90 Å². The number of hydrogen-bond donors (Lipinski definition) is 2. The Morgan fingerprint density at radius 2 is 2.14 bits per heavy atom. The number of aromatic amines is 1. The summed E-state index contributed by atoms with van der Waals surface area (Å²) >= 11 is 0. The van der Waals surface area contributed by atoms with E-state index < -0.39 is 10.0 Å². The Labute approximate surface area is 127 Å². The first-order valence-electron chi connectivity index (χ1n) is 7.64. The molecule has 2 heterocycles. The van der Waals surface area contributed by atoms with Crippen molar-refractivity contribution in [2.45, 2.75) is 58.0 Å². The van der Waals surface area contributed by atoms with Gasteiger partial charge in [-0.1, -0.05) is 13.8 Å². The normalized spacial score (nSPS) is 23.8. The highest BCUT2D eigenvalue weighted by Gasteiger charge is 2.38. The molecule has 1 aromatic heterocycles. The molecule has 1 saturated heterocycles. The predicted octanol–water partition coefficient (Wildman–Crippen LogP) is 1.64. The number of sulfonamides is 1. The summed E-state index contributed by atoms with van der Waals surface area (Å²) in [6.07, 6.45) is 1.92. The van der Waals surface area contributed by atoms with Crippen molar-refractivity contribution in [3.63, 3.8) is 0 Å². The molecule has 0 bridgehead atoms. The molecule has 0 amide bonds. The van der Waals surface area contributed by atoms with Crippen LogP contribution < -0.4 is 5.32 Å². The maximum Gasteiger partial charge on any atom is 0.247 e. The third kappa shape index (κ3) is 3.30. The van der Waals surface area contributed by atoms with Crippen LogP contribution >= 0.6 is 0 Å². The zero-order valence-electron chi connectivity index (χ0n) is 13.3. The maximum atomic E-state index is 13.0. The summed E-state index contributed by atoms with van der Waals surface area (Å²) in [5.74, 6) is 0.406. The molecule has 2 unspecified atom stereocenters. The highest BCUT2D eigenvalue weighted by atomic mass is 32.2. The van der Waals surface area contributed by atoms with Gasteiger partial charge in [0.25, 0.3) is 0 Å². The first-order chi connectivity index (χ1) is 9.87. The summed E-state index contributed by atoms with van der Waals surface area (Å²) in [5, 5.41) is 10.2. The molecule has 7 heteroatoms. The van der Waals surface area contributed by atoms with E-state index >= 15 is 0 Å². The van der Waals surface area contributed by atoms with Crippen molar-refractivity contribution in [2.75, 3.05) is 13.1 Å². The molecule has 0 spiro atoms. The van der Waals surface area contributed by atoms with Gasteiger partial charge in [0.15, 0.2) is 0 Å². The molecule has 0 radical (unpaired) electrons. The molecule has 0 aliphatic carbocycles. The first kappa shape index (κ1) is 16.5. The van der Waals surface area contributed by atoms with Gasteiger partial charge in [-0.2, -0.15) is 9.40 Å². The van der Waals surface area contributed by atoms with Crippen LogP contribution in [0.4, 0.5) is 0 Å². The van der Waals surface area contributed by atoms with Crippen LogP contribution in [-0.4, -0.2) is 42.1 Å². The topological polar surface area (TPSA) is 78.1 Å². The van der Waals surface area contributed by atoms with Crippen molar-refractivity contribution in [2.24, 2.45) is 5.92 Å². The predicted molar refractivity (Wildman–Crippen MR) is 82.5 cm³/mol. The van der Waals surface area contributed by atoms with E-state index in [0.717, 1.165) is 19.4 Å². The number of nitrogens with zero attached hydrogens (tertiary/aromatic N) is 2. The fraction of sp³-hybridized carbons (Fsp3) is 0.786. The first-order valence-corrected chi connectivity index (χ1v) is 9.08. The van der Waals surface area contributed by atoms with Crippen LogP contribution in [0.2, 0.25) is 0 Å². The highest BCUT2D eigenvalue weighted by molar-refractivity contribution is 7.89. The molecule has 2 atom stereocenters. The largest absolute Gasteiger partial charge is 0.311 e. The SMILES string of the molecule is CCCNCc1n[nH]c(C)c1S(=O)(=O)N1CC(C)CC1C. The van der Waals surface area contributed by atoms with Crippen LogP contribution in [-0.2, 0) is 16.6 Å². The van der Waals surface area contributed by atoms with E-state index in [1.165, 1.54) is 0 Å². The third-order valence-electron chi connectivity index (χ3n) is 3.97. The molecule has 21 heavy (non-hydrogen) atoms. The van der Waals surface area contributed by atoms with Crippen LogP contribution in [0.25, 0.3) is 0 Å². The van der Waals surface area contributed by atoms with E-state index in [1.807, 2.05) is 6.92 Å². The molecule has 1 aromatic rings. The van der Waals surface area contributed by atoms with Crippen molar-refractivity contribution < 1.29 is 8.42 Å². The molecule has 1 fully saturated rings. The van der Waals surface area contributed by atoms with Crippen LogP contribution in [0.5, 0.6) is 0 Å². The fourth-order valence-electron chi connectivity index (χ4n) is 3.03. The zero-order valence-corrected chi connectivity index (χ0v) is 14.1. The van der Waals surface area contributed by atoms with Gasteiger partial charge < -0.3 is 5.32 Å². The summed E-state index contributed by atoms with van der Waals surface area (Å²) in [4.78, 5) is 0.354. The summed E-state index contributed by atoms with van der Waals surface area (Å²) in [6.45, 7) is 9.84. The lowest BCUT2D eigenvalue weighted by Gasteiger charge is -2.21. The van der Waals surface area contributed by atoms with Gasteiger partial charge in [-0.05, 0) is 39.2 Å². The van der Waals surface area contributed by atoms with Crippen molar-refractivity contribution in [3.05, 3.63) is 11.4 Å². The average molecular weight is 314 g/mol. The molecular formula is C14H26N4O2S. The highest BCUT2D eigenvalue weighted by Crippen LogP contribution is 2.31. The number of rotatable bonds is 6. The van der Waals surface area contributed by atoms with E-state index in [1.54, 1.807) is 11.2 Å². The van der Waals surface area contributed by atoms with Crippen molar-refractivity contribution >= 4 is 10.0 Å². The lowest BCUT2D eigenvalue weighted by molar-refractivity contribution is 0.404. The maximum absolute atomic E-state index is 13.0. The van der Waals surface area contributed by atoms with Crippen molar-refractivity contribution in [1.82, 2.24) is 19.8 Å². The van der Waals surface area contributed by atoms with Crippen LogP contribution in [0.3, 0.4) is 0 Å². The van der Waals surface area contributed by atoms with E-state index in [2.05, 4.69) is 29.4 Å². The summed E-state index contributed by atoms with van der Waals surface area (Å²) in [5.41, 5.74) is 1.21. The molecule has 0 aromatic carbocycles. The van der Waals surface area contributed by atoms with Gasteiger partial charge >= 0.3 is 0 Å². The molecule has 1 aliphatic heterocycles. The minimum atomic E-state index is -3.48. The molecular weight excluding hydrogens is 288 g/mol. The van der Waals surface area contributed by atoms with Gasteiger partial charge in [0.05, 0.1) is 11.4 Å². The number of H-pyrrole nitrogens is 1. The Hall–Kier alpha value is -0.920. The van der Waals surface area contributed by atoms with Gasteiger partial charge in [0.2, 0.25) is 10.0 Å². The Balaban J connectivity index is 2.29. The lowest BCUT2D eigenvalue weighted by Crippen LogP contribution is -2.35. The average Bonchev–Trinajstić information content (AvgIpc) is 2.93.